The highest BCUT2D eigenvalue weighted by atomic mass is 16.2. The Balaban J connectivity index is 2.48. The third-order valence-corrected chi connectivity index (χ3v) is 3.52. The molecule has 0 spiro atoms. The Hall–Kier alpha value is -1.10. The third-order valence-electron chi connectivity index (χ3n) is 3.52. The first-order valence-electron chi connectivity index (χ1n) is 6.22. The summed E-state index contributed by atoms with van der Waals surface area (Å²) in [5.74, 6) is -0.290. The Bertz CT molecular complexity index is 306. The van der Waals surface area contributed by atoms with Crippen LogP contribution in [0.15, 0.2) is 0 Å². The zero-order chi connectivity index (χ0) is 13.1. The molecular weight excluding hydrogens is 218 g/mol. The largest absolute Gasteiger partial charge is 0.369 e. The number of primary amides is 1. The van der Waals surface area contributed by atoms with Crippen LogP contribution in [-0.2, 0) is 9.59 Å². The van der Waals surface area contributed by atoms with Gasteiger partial charge >= 0.3 is 0 Å². The van der Waals surface area contributed by atoms with Crippen molar-refractivity contribution in [2.45, 2.75) is 45.6 Å². The van der Waals surface area contributed by atoms with E-state index in [0.717, 1.165) is 12.8 Å². The lowest BCUT2D eigenvalue weighted by Crippen LogP contribution is -2.40. The lowest BCUT2D eigenvalue weighted by atomic mass is 9.89. The highest BCUT2D eigenvalue weighted by Crippen LogP contribution is 2.29. The van der Waals surface area contributed by atoms with Crippen molar-refractivity contribution in [2.75, 3.05) is 13.1 Å². The van der Waals surface area contributed by atoms with E-state index in [1.807, 2.05) is 13.8 Å². The minimum Gasteiger partial charge on any atom is -0.369 e. The zero-order valence-corrected chi connectivity index (χ0v) is 10.7. The summed E-state index contributed by atoms with van der Waals surface area (Å²) < 4.78 is 0. The number of likely N-dealkylation sites (tertiary alicyclic amines) is 1. The summed E-state index contributed by atoms with van der Waals surface area (Å²) in [7, 11) is 0. The fraction of sp³-hybridized carbons (Fsp3) is 0.833. The zero-order valence-electron chi connectivity index (χ0n) is 10.7. The molecule has 98 valence electrons. The minimum absolute atomic E-state index is 0.0379. The van der Waals surface area contributed by atoms with Crippen LogP contribution >= 0.6 is 0 Å². The molecule has 1 fully saturated rings. The molecule has 4 N–H and O–H groups in total. The smallest absolute Gasteiger partial charge is 0.225 e. The summed E-state index contributed by atoms with van der Waals surface area (Å²) in [6.07, 6.45) is 2.85. The molecule has 2 amide bonds. The van der Waals surface area contributed by atoms with Crippen LogP contribution in [0.25, 0.3) is 0 Å². The quantitative estimate of drug-likeness (QED) is 0.722. The van der Waals surface area contributed by atoms with E-state index < -0.39 is 5.41 Å². The Morgan fingerprint density at radius 1 is 1.47 bits per heavy atom. The van der Waals surface area contributed by atoms with E-state index in [9.17, 15) is 9.59 Å². The molecule has 0 aromatic heterocycles. The molecule has 2 unspecified atom stereocenters. The number of hydrogen-bond donors (Lipinski definition) is 2. The first-order chi connectivity index (χ1) is 7.89. The van der Waals surface area contributed by atoms with Crippen LogP contribution in [0.2, 0.25) is 0 Å². The van der Waals surface area contributed by atoms with Gasteiger partial charge in [0.2, 0.25) is 11.8 Å². The van der Waals surface area contributed by atoms with Gasteiger partial charge in [-0.05, 0) is 19.8 Å². The fourth-order valence-corrected chi connectivity index (χ4v) is 2.20. The predicted molar refractivity (Wildman–Crippen MR) is 66.0 cm³/mol. The number of hydrogen-bond acceptors (Lipinski definition) is 3. The molecule has 0 radical (unpaired) electrons. The molecule has 1 rings (SSSR count). The average molecular weight is 241 g/mol. The molecular formula is C12H23N3O2. The highest BCUT2D eigenvalue weighted by molar-refractivity contribution is 5.83. The van der Waals surface area contributed by atoms with Gasteiger partial charge in [0.25, 0.3) is 0 Å². The second kappa shape index (κ2) is 5.49. The summed E-state index contributed by atoms with van der Waals surface area (Å²) in [5, 5.41) is 0. The summed E-state index contributed by atoms with van der Waals surface area (Å²) in [6, 6.07) is -0.0760. The summed E-state index contributed by atoms with van der Waals surface area (Å²) >= 11 is 0. The Morgan fingerprint density at radius 2 is 2.12 bits per heavy atom. The number of nitrogens with two attached hydrogens (primary N) is 2. The van der Waals surface area contributed by atoms with E-state index in [4.69, 9.17) is 11.5 Å². The lowest BCUT2D eigenvalue weighted by Gasteiger charge is -2.22. The molecule has 0 aromatic rings. The molecule has 1 heterocycles. The molecule has 0 aliphatic carbocycles. The van der Waals surface area contributed by atoms with Gasteiger partial charge in [-0.1, -0.05) is 13.3 Å². The number of nitrogens with zero attached hydrogens (tertiary/aromatic N) is 1. The SMILES string of the molecule is CCCC(N)CC(=O)N1CCC(C)(C(N)=O)C1. The molecule has 0 bridgehead atoms. The molecule has 1 aliphatic rings. The van der Waals surface area contributed by atoms with E-state index in [1.54, 1.807) is 4.90 Å². The van der Waals surface area contributed by atoms with Gasteiger partial charge in [0, 0.05) is 25.6 Å². The Labute approximate surface area is 103 Å². The minimum atomic E-state index is -0.565. The van der Waals surface area contributed by atoms with Crippen LogP contribution < -0.4 is 11.5 Å². The van der Waals surface area contributed by atoms with Gasteiger partial charge in [-0.15, -0.1) is 0 Å². The standard InChI is InChI=1S/C12H23N3O2/c1-3-4-9(13)7-10(16)15-6-5-12(2,8-15)11(14)17/h9H,3-8,13H2,1-2H3,(H2,14,17). The van der Waals surface area contributed by atoms with Crippen molar-refractivity contribution in [1.29, 1.82) is 0 Å². The van der Waals surface area contributed by atoms with Gasteiger partial charge in [-0.25, -0.2) is 0 Å². The molecule has 1 saturated heterocycles. The maximum absolute atomic E-state index is 11.9. The average Bonchev–Trinajstić information content (AvgIpc) is 2.62. The second-order valence-electron chi connectivity index (χ2n) is 5.24. The van der Waals surface area contributed by atoms with Crippen LogP contribution in [0.1, 0.15) is 39.5 Å². The maximum Gasteiger partial charge on any atom is 0.225 e. The summed E-state index contributed by atoms with van der Waals surface area (Å²) in [6.45, 7) is 4.90. The first kappa shape index (κ1) is 14.0. The maximum atomic E-state index is 11.9. The van der Waals surface area contributed by atoms with Crippen LogP contribution in [-0.4, -0.2) is 35.8 Å². The van der Waals surface area contributed by atoms with Crippen molar-refractivity contribution >= 4 is 11.8 Å². The fourth-order valence-electron chi connectivity index (χ4n) is 2.20. The Morgan fingerprint density at radius 3 is 2.59 bits per heavy atom. The van der Waals surface area contributed by atoms with Crippen molar-refractivity contribution in [2.24, 2.45) is 16.9 Å². The van der Waals surface area contributed by atoms with E-state index in [1.165, 1.54) is 0 Å². The van der Waals surface area contributed by atoms with Gasteiger partial charge in [-0.3, -0.25) is 9.59 Å². The molecule has 1 aliphatic heterocycles. The molecule has 0 aromatic carbocycles. The predicted octanol–water partition coefficient (Wildman–Crippen LogP) is 0.228. The topological polar surface area (TPSA) is 89.4 Å². The molecule has 2 atom stereocenters. The van der Waals surface area contributed by atoms with E-state index in [2.05, 4.69) is 0 Å². The lowest BCUT2D eigenvalue weighted by molar-refractivity contribution is -0.132. The highest BCUT2D eigenvalue weighted by Gasteiger charge is 2.40. The van der Waals surface area contributed by atoms with Crippen LogP contribution in [0.3, 0.4) is 0 Å². The van der Waals surface area contributed by atoms with E-state index in [-0.39, 0.29) is 17.9 Å². The van der Waals surface area contributed by atoms with E-state index >= 15 is 0 Å². The van der Waals surface area contributed by atoms with E-state index in [0.29, 0.717) is 25.9 Å². The van der Waals surface area contributed by atoms with Gasteiger partial charge in [-0.2, -0.15) is 0 Å². The monoisotopic (exact) mass is 241 g/mol. The van der Waals surface area contributed by atoms with Gasteiger partial charge in [0.15, 0.2) is 0 Å². The molecule has 17 heavy (non-hydrogen) atoms. The molecule has 5 nitrogen and oxygen atoms in total. The third kappa shape index (κ3) is 3.43. The Kier molecular flexibility index (Phi) is 4.51. The van der Waals surface area contributed by atoms with Crippen molar-refractivity contribution in [3.05, 3.63) is 0 Å². The van der Waals surface area contributed by atoms with Gasteiger partial charge in [0.05, 0.1) is 5.41 Å². The van der Waals surface area contributed by atoms with Crippen LogP contribution in [0, 0.1) is 5.41 Å². The van der Waals surface area contributed by atoms with Crippen molar-refractivity contribution in [1.82, 2.24) is 4.90 Å². The molecule has 0 saturated carbocycles. The normalized spacial score (nSPS) is 25.9. The second-order valence-corrected chi connectivity index (χ2v) is 5.24. The number of amides is 2. The molecule has 5 heteroatoms. The van der Waals surface area contributed by atoms with Crippen molar-refractivity contribution in [3.8, 4) is 0 Å². The number of rotatable bonds is 5. The summed E-state index contributed by atoms with van der Waals surface area (Å²) in [5.41, 5.74) is 10.6. The van der Waals surface area contributed by atoms with Crippen molar-refractivity contribution in [3.63, 3.8) is 0 Å². The number of carbonyl (C=O) groups is 2. The number of carbonyl (C=O) groups excluding carboxylic acids is 2. The summed E-state index contributed by atoms with van der Waals surface area (Å²) in [4.78, 5) is 24.9. The van der Waals surface area contributed by atoms with Crippen LogP contribution in [0.5, 0.6) is 0 Å². The van der Waals surface area contributed by atoms with Crippen molar-refractivity contribution < 1.29 is 9.59 Å². The van der Waals surface area contributed by atoms with Gasteiger partial charge in [0.1, 0.15) is 0 Å². The van der Waals surface area contributed by atoms with Crippen LogP contribution in [0.4, 0.5) is 0 Å². The van der Waals surface area contributed by atoms with Gasteiger partial charge < -0.3 is 16.4 Å². The first-order valence-corrected chi connectivity index (χ1v) is 6.22.